The van der Waals surface area contributed by atoms with Gasteiger partial charge in [0.25, 0.3) is 0 Å². The lowest BCUT2D eigenvalue weighted by Crippen LogP contribution is -2.61. The number of hydrogen-bond acceptors (Lipinski definition) is 13. The van der Waals surface area contributed by atoms with E-state index in [2.05, 4.69) is 42.2 Å². The van der Waals surface area contributed by atoms with Gasteiger partial charge in [-0.15, -0.1) is 0 Å². The maximum absolute atomic E-state index is 14.3. The highest BCUT2D eigenvalue weighted by molar-refractivity contribution is 5.97. The smallest absolute Gasteiger partial charge is 0.245 e. The molecule has 0 spiro atoms. The highest BCUT2D eigenvalue weighted by Gasteiger charge is 2.34. The fourth-order valence-electron chi connectivity index (χ4n) is 6.94. The third-order valence-electron chi connectivity index (χ3n) is 10.7. The molecule has 0 bridgehead atoms. The first-order valence-corrected chi connectivity index (χ1v) is 22.9. The van der Waals surface area contributed by atoms with Crippen LogP contribution in [0, 0.1) is 5.92 Å². The molecule has 7 amide bonds. The van der Waals surface area contributed by atoms with E-state index in [1.165, 1.54) is 19.1 Å². The van der Waals surface area contributed by atoms with Crippen molar-refractivity contribution in [1.82, 2.24) is 37.2 Å². The SMILES string of the molecule is CC(=O)N[C@H](C(=O)N[C@@H](CCCN=C(N)N)C(=O)N[C@@H](CO)C(=O)N[C@@H](CCCCN)C(=O)N[C@@H](Cc1ccc(O)cc1)C(=O)N[C@@H](Cc1ccccc1)C(=O)N[C@H](C=O)CCCCN)C(C)C. The number of phenols is 1. The van der Waals surface area contributed by atoms with Crippen LogP contribution in [0.1, 0.15) is 83.3 Å². The zero-order valence-electron chi connectivity index (χ0n) is 39.2. The number of carbonyl (C=O) groups excluding carboxylic acids is 8. The lowest BCUT2D eigenvalue weighted by molar-refractivity contribution is -0.136. The summed E-state index contributed by atoms with van der Waals surface area (Å²) in [5.74, 6) is -5.88. The largest absolute Gasteiger partial charge is 0.508 e. The molecule has 2 rings (SSSR count). The number of guanidine groups is 1. The molecule has 0 unspecified atom stereocenters. The van der Waals surface area contributed by atoms with E-state index in [4.69, 9.17) is 22.9 Å². The van der Waals surface area contributed by atoms with Crippen molar-refractivity contribution in [2.24, 2.45) is 33.8 Å². The lowest BCUT2D eigenvalue weighted by atomic mass is 10.0. The topological polar surface area (TPSA) is 378 Å². The summed E-state index contributed by atoms with van der Waals surface area (Å²) >= 11 is 0. The maximum Gasteiger partial charge on any atom is 0.245 e. The molecule has 0 saturated carbocycles. The van der Waals surface area contributed by atoms with Gasteiger partial charge in [-0.25, -0.2) is 0 Å². The van der Waals surface area contributed by atoms with Crippen molar-refractivity contribution in [2.45, 2.75) is 127 Å². The van der Waals surface area contributed by atoms with Gasteiger partial charge in [0.2, 0.25) is 41.4 Å². The van der Waals surface area contributed by atoms with Crippen molar-refractivity contribution >= 4 is 53.6 Å². The van der Waals surface area contributed by atoms with Crippen LogP contribution in [0.25, 0.3) is 0 Å². The number of carbonyl (C=O) groups is 8. The van der Waals surface area contributed by atoms with E-state index in [9.17, 15) is 48.6 Å². The molecule has 22 heteroatoms. The van der Waals surface area contributed by atoms with E-state index < -0.39 is 90.3 Å². The summed E-state index contributed by atoms with van der Waals surface area (Å²) in [6.07, 6.45) is 3.00. The van der Waals surface area contributed by atoms with Crippen LogP contribution in [0.4, 0.5) is 0 Å². The van der Waals surface area contributed by atoms with E-state index in [-0.39, 0.29) is 62.8 Å². The molecule has 0 aliphatic heterocycles. The van der Waals surface area contributed by atoms with Crippen molar-refractivity contribution < 1.29 is 48.6 Å². The standard InChI is InChI=1S/C46H72N12O10/c1-28(2)39(52-29(3)61)45(68)55-35(16-11-23-51-46(49)50)41(64)58-38(27-60)44(67)54-34(15-8-10-22-48)40(63)56-37(25-31-17-19-33(62)20-18-31)43(66)57-36(24-30-12-5-4-6-13-30)42(65)53-32(26-59)14-7-9-21-47/h4-6,12-13,17-20,26,28,32,34-39,60,62H,7-11,14-16,21-25,27,47-48H2,1-3H3,(H,52,61)(H,53,65)(H,54,67)(H,55,68)(H,56,63)(H,57,66)(H,58,64)(H4,49,50,51)/t32-,34-,35-,36-,37-,38-,39-/m0/s1. The molecule has 0 fully saturated rings. The number of nitrogens with zero attached hydrogens (tertiary/aromatic N) is 1. The summed E-state index contributed by atoms with van der Waals surface area (Å²) in [5, 5.41) is 38.6. The van der Waals surface area contributed by atoms with Gasteiger partial charge in [-0.05, 0) is 93.6 Å². The number of amides is 7. The quantitative estimate of drug-likeness (QED) is 0.0160. The van der Waals surface area contributed by atoms with Gasteiger partial charge in [0.15, 0.2) is 5.96 Å². The molecule has 22 nitrogen and oxygen atoms in total. The van der Waals surface area contributed by atoms with Gasteiger partial charge in [0, 0.05) is 26.3 Å². The third kappa shape index (κ3) is 21.8. The molecule has 0 radical (unpaired) electrons. The van der Waals surface area contributed by atoms with Crippen LogP contribution in [0.2, 0.25) is 0 Å². The highest BCUT2D eigenvalue weighted by Crippen LogP contribution is 2.14. The van der Waals surface area contributed by atoms with E-state index >= 15 is 0 Å². The number of nitrogens with two attached hydrogens (primary N) is 4. The first-order valence-electron chi connectivity index (χ1n) is 22.9. The zero-order chi connectivity index (χ0) is 50.6. The Morgan fingerprint density at radius 2 is 1.04 bits per heavy atom. The highest BCUT2D eigenvalue weighted by atomic mass is 16.3. The average molecular weight is 953 g/mol. The summed E-state index contributed by atoms with van der Waals surface area (Å²) < 4.78 is 0. The number of aliphatic hydroxyl groups is 1. The third-order valence-corrected chi connectivity index (χ3v) is 10.7. The van der Waals surface area contributed by atoms with Crippen LogP contribution in [0.3, 0.4) is 0 Å². The minimum atomic E-state index is -1.64. The molecule has 68 heavy (non-hydrogen) atoms. The number of aliphatic imine (C=N–C) groups is 1. The number of benzene rings is 2. The fourth-order valence-corrected chi connectivity index (χ4v) is 6.94. The van der Waals surface area contributed by atoms with Gasteiger partial charge in [-0.3, -0.25) is 38.6 Å². The van der Waals surface area contributed by atoms with Crippen molar-refractivity contribution in [3.8, 4) is 5.75 Å². The second-order valence-corrected chi connectivity index (χ2v) is 16.7. The number of unbranched alkanes of at least 4 members (excludes halogenated alkanes) is 2. The molecule has 7 atom stereocenters. The van der Waals surface area contributed by atoms with E-state index in [0.717, 1.165) is 0 Å². The van der Waals surface area contributed by atoms with E-state index in [0.29, 0.717) is 56.1 Å². The Morgan fingerprint density at radius 1 is 0.588 bits per heavy atom. The van der Waals surface area contributed by atoms with Crippen molar-refractivity contribution in [3.63, 3.8) is 0 Å². The van der Waals surface area contributed by atoms with E-state index in [1.807, 2.05) is 0 Å². The predicted molar refractivity (Wildman–Crippen MR) is 255 cm³/mol. The van der Waals surface area contributed by atoms with Crippen LogP contribution in [0.15, 0.2) is 59.6 Å². The summed E-state index contributed by atoms with van der Waals surface area (Å²) in [7, 11) is 0. The van der Waals surface area contributed by atoms with Crippen LogP contribution in [0.5, 0.6) is 5.75 Å². The number of aliphatic hydroxyl groups excluding tert-OH is 1. The van der Waals surface area contributed by atoms with Crippen molar-refractivity contribution in [3.05, 3.63) is 65.7 Å². The number of phenolic OH excluding ortho intramolecular Hbond substituents is 1. The maximum atomic E-state index is 14.3. The summed E-state index contributed by atoms with van der Waals surface area (Å²) in [6, 6.07) is 5.99. The molecule has 0 saturated heterocycles. The second-order valence-electron chi connectivity index (χ2n) is 16.7. The lowest BCUT2D eigenvalue weighted by Gasteiger charge is -2.28. The Morgan fingerprint density at radius 3 is 1.54 bits per heavy atom. The molecule has 17 N–H and O–H groups in total. The molecule has 0 heterocycles. The zero-order valence-corrected chi connectivity index (χ0v) is 39.2. The van der Waals surface area contributed by atoms with Gasteiger partial charge in [0.05, 0.1) is 12.6 Å². The van der Waals surface area contributed by atoms with Gasteiger partial charge in [0.1, 0.15) is 48.3 Å². The number of hydrogen-bond donors (Lipinski definition) is 13. The van der Waals surface area contributed by atoms with Crippen molar-refractivity contribution in [1.29, 1.82) is 0 Å². The molecule has 0 aromatic heterocycles. The minimum Gasteiger partial charge on any atom is -0.508 e. The molecule has 2 aromatic rings. The first-order chi connectivity index (χ1) is 32.4. The van der Waals surface area contributed by atoms with Crippen molar-refractivity contribution in [2.75, 3.05) is 26.2 Å². The number of aromatic hydroxyl groups is 1. The molecular weight excluding hydrogens is 881 g/mol. The van der Waals surface area contributed by atoms with Crippen LogP contribution in [-0.2, 0) is 51.2 Å². The summed E-state index contributed by atoms with van der Waals surface area (Å²) in [4.78, 5) is 111. The molecular formula is C46H72N12O10. The predicted octanol–water partition coefficient (Wildman–Crippen LogP) is -2.25. The van der Waals surface area contributed by atoms with Gasteiger partial charge in [-0.1, -0.05) is 56.3 Å². The molecule has 0 aliphatic rings. The molecule has 376 valence electrons. The van der Waals surface area contributed by atoms with Gasteiger partial charge < -0.3 is 75.2 Å². The second kappa shape index (κ2) is 31.3. The first kappa shape index (κ1) is 57.5. The summed E-state index contributed by atoms with van der Waals surface area (Å²) in [5.41, 5.74) is 23.4. The normalized spacial score (nSPS) is 14.0. The van der Waals surface area contributed by atoms with Gasteiger partial charge in [-0.2, -0.15) is 0 Å². The number of aldehydes is 1. The van der Waals surface area contributed by atoms with Crippen LogP contribution in [-0.4, -0.2) is 132 Å². The Kier molecular flexibility index (Phi) is 26.5. The Bertz CT molecular complexity index is 1950. The number of rotatable bonds is 32. The average Bonchev–Trinajstić information content (AvgIpc) is 3.30. The van der Waals surface area contributed by atoms with E-state index in [1.54, 1.807) is 56.3 Å². The fraction of sp³-hybridized carbons (Fsp3) is 0.543. The summed E-state index contributed by atoms with van der Waals surface area (Å²) in [6.45, 7) is 4.45. The molecule has 0 aliphatic carbocycles. The monoisotopic (exact) mass is 953 g/mol. The van der Waals surface area contributed by atoms with Crippen LogP contribution >= 0.6 is 0 Å². The Balaban J connectivity index is 2.44. The Hall–Kier alpha value is -6.65. The number of nitrogens with one attached hydrogen (secondary N) is 7. The Labute approximate surface area is 397 Å². The van der Waals surface area contributed by atoms with Gasteiger partial charge >= 0.3 is 0 Å². The molecule has 2 aromatic carbocycles. The van der Waals surface area contributed by atoms with Crippen LogP contribution < -0.4 is 60.2 Å². The minimum absolute atomic E-state index is 0.00785.